The first-order chi connectivity index (χ1) is 7.52. The molecule has 0 heterocycles. The smallest absolute Gasteiger partial charge is 0.217 e. The minimum absolute atomic E-state index is 0.422. The average molecular weight is 222 g/mol. The van der Waals surface area contributed by atoms with Gasteiger partial charge in [-0.3, -0.25) is 4.79 Å². The Morgan fingerprint density at radius 3 is 2.31 bits per heavy atom. The molecule has 16 heavy (non-hydrogen) atoms. The number of aliphatic hydroxyl groups is 1. The van der Waals surface area contributed by atoms with Crippen molar-refractivity contribution in [3.8, 4) is 0 Å². The highest BCUT2D eigenvalue weighted by molar-refractivity contribution is 5.76. The third kappa shape index (κ3) is 3.06. The normalized spacial score (nSPS) is 13.9. The third-order valence-corrected chi connectivity index (χ3v) is 2.07. The summed E-state index contributed by atoms with van der Waals surface area (Å²) in [5.74, 6) is -2.04. The lowest BCUT2D eigenvalue weighted by Crippen LogP contribution is -2.45. The summed E-state index contributed by atoms with van der Waals surface area (Å²) in [5, 5.41) is 22.4. The predicted octanol–water partition coefficient (Wildman–Crippen LogP) is -1.03. The van der Waals surface area contributed by atoms with E-state index >= 15 is 0 Å². The largest absolute Gasteiger partial charge is 0.547 e. The SMILES string of the molecule is CC(=O)NC(c1ccccc1)C(O)C(=O)[O-]. The summed E-state index contributed by atoms with van der Waals surface area (Å²) < 4.78 is 0. The Kier molecular flexibility index (Phi) is 4.02. The van der Waals surface area contributed by atoms with Crippen LogP contribution in [0.1, 0.15) is 18.5 Å². The number of nitrogens with one attached hydrogen (secondary N) is 1. The number of aliphatic hydroxyl groups excluding tert-OH is 1. The first-order valence-electron chi connectivity index (χ1n) is 4.73. The van der Waals surface area contributed by atoms with E-state index in [2.05, 4.69) is 5.32 Å². The van der Waals surface area contributed by atoms with Gasteiger partial charge in [0.25, 0.3) is 0 Å². The summed E-state index contributed by atoms with van der Waals surface area (Å²) in [5.41, 5.74) is 0.509. The Morgan fingerprint density at radius 1 is 1.31 bits per heavy atom. The number of carboxylic acid groups (broad SMARTS) is 1. The van der Waals surface area contributed by atoms with E-state index in [4.69, 9.17) is 0 Å². The van der Waals surface area contributed by atoms with Gasteiger partial charge < -0.3 is 20.3 Å². The van der Waals surface area contributed by atoms with Crippen LogP contribution in [0.3, 0.4) is 0 Å². The van der Waals surface area contributed by atoms with Gasteiger partial charge in [0.15, 0.2) is 0 Å². The van der Waals surface area contributed by atoms with Crippen LogP contribution < -0.4 is 10.4 Å². The molecule has 0 saturated heterocycles. The van der Waals surface area contributed by atoms with Gasteiger partial charge in [-0.05, 0) is 5.56 Å². The van der Waals surface area contributed by atoms with Crippen molar-refractivity contribution in [3.63, 3.8) is 0 Å². The van der Waals surface area contributed by atoms with Crippen LogP contribution in [0, 0.1) is 0 Å². The molecule has 5 heteroatoms. The fourth-order valence-electron chi connectivity index (χ4n) is 1.36. The molecule has 0 saturated carbocycles. The van der Waals surface area contributed by atoms with Crippen LogP contribution in [0.2, 0.25) is 0 Å². The molecule has 0 radical (unpaired) electrons. The highest BCUT2D eigenvalue weighted by Gasteiger charge is 2.22. The second-order valence-corrected chi connectivity index (χ2v) is 3.35. The van der Waals surface area contributed by atoms with Crippen molar-refractivity contribution in [2.75, 3.05) is 0 Å². The molecule has 0 bridgehead atoms. The van der Waals surface area contributed by atoms with Crippen LogP contribution in [-0.2, 0) is 9.59 Å². The van der Waals surface area contributed by atoms with Gasteiger partial charge in [0.1, 0.15) is 6.10 Å². The number of hydrogen-bond donors (Lipinski definition) is 2. The molecule has 0 aliphatic rings. The number of hydrogen-bond acceptors (Lipinski definition) is 4. The second kappa shape index (κ2) is 5.27. The molecule has 0 fully saturated rings. The van der Waals surface area contributed by atoms with Crippen LogP contribution in [0.15, 0.2) is 30.3 Å². The molecule has 0 aromatic heterocycles. The summed E-state index contributed by atoms with van der Waals surface area (Å²) in [6, 6.07) is 7.36. The molecular formula is C11H12NO4-. The first-order valence-corrected chi connectivity index (χ1v) is 4.73. The zero-order valence-corrected chi connectivity index (χ0v) is 8.71. The Labute approximate surface area is 92.7 Å². The fraction of sp³-hybridized carbons (Fsp3) is 0.273. The first kappa shape index (κ1) is 12.2. The summed E-state index contributed by atoms with van der Waals surface area (Å²) in [6.45, 7) is 1.25. The maximum Gasteiger partial charge on any atom is 0.217 e. The topological polar surface area (TPSA) is 89.5 Å². The summed E-state index contributed by atoms with van der Waals surface area (Å²) >= 11 is 0. The lowest BCUT2D eigenvalue weighted by molar-refractivity contribution is -0.316. The Bertz CT molecular complexity index is 377. The molecule has 1 amide bonds. The van der Waals surface area contributed by atoms with E-state index < -0.39 is 24.0 Å². The molecule has 0 aliphatic carbocycles. The number of carbonyl (C=O) groups excluding carboxylic acids is 2. The zero-order valence-electron chi connectivity index (χ0n) is 8.71. The van der Waals surface area contributed by atoms with Gasteiger partial charge in [0.2, 0.25) is 5.91 Å². The molecule has 1 aromatic carbocycles. The Morgan fingerprint density at radius 2 is 1.88 bits per heavy atom. The van der Waals surface area contributed by atoms with E-state index in [1.54, 1.807) is 30.3 Å². The van der Waals surface area contributed by atoms with Gasteiger partial charge in [0, 0.05) is 6.92 Å². The van der Waals surface area contributed by atoms with Gasteiger partial charge >= 0.3 is 0 Å². The van der Waals surface area contributed by atoms with Crippen molar-refractivity contribution in [2.24, 2.45) is 0 Å². The molecule has 2 N–H and O–H groups in total. The maximum atomic E-state index is 10.9. The van der Waals surface area contributed by atoms with E-state index in [1.165, 1.54) is 6.92 Å². The van der Waals surface area contributed by atoms with Gasteiger partial charge in [-0.25, -0.2) is 0 Å². The number of carboxylic acids is 1. The molecule has 2 atom stereocenters. The van der Waals surface area contributed by atoms with E-state index in [0.717, 1.165) is 0 Å². The second-order valence-electron chi connectivity index (χ2n) is 3.35. The number of aliphatic carboxylic acids is 1. The van der Waals surface area contributed by atoms with E-state index in [1.807, 2.05) is 0 Å². The van der Waals surface area contributed by atoms with Crippen LogP contribution in [-0.4, -0.2) is 23.1 Å². The van der Waals surface area contributed by atoms with Crippen molar-refractivity contribution < 1.29 is 19.8 Å². The van der Waals surface area contributed by atoms with Gasteiger partial charge in [-0.1, -0.05) is 30.3 Å². The lowest BCUT2D eigenvalue weighted by Gasteiger charge is -2.24. The molecule has 1 aromatic rings. The zero-order chi connectivity index (χ0) is 12.1. The maximum absolute atomic E-state index is 10.9. The highest BCUT2D eigenvalue weighted by atomic mass is 16.4. The third-order valence-electron chi connectivity index (χ3n) is 2.07. The Hall–Kier alpha value is -1.88. The van der Waals surface area contributed by atoms with Crippen molar-refractivity contribution >= 4 is 11.9 Å². The standard InChI is InChI=1S/C11H13NO4/c1-7(13)12-9(10(14)11(15)16)8-5-3-2-4-6-8/h2-6,9-10,14H,1H3,(H,12,13)(H,15,16)/p-1. The summed E-state index contributed by atoms with van der Waals surface area (Å²) in [7, 11) is 0. The molecule has 5 nitrogen and oxygen atoms in total. The van der Waals surface area contributed by atoms with Gasteiger partial charge in [-0.2, -0.15) is 0 Å². The van der Waals surface area contributed by atoms with Crippen molar-refractivity contribution in [2.45, 2.75) is 19.1 Å². The number of benzene rings is 1. The molecule has 86 valence electrons. The quantitative estimate of drug-likeness (QED) is 0.682. The summed E-state index contributed by atoms with van der Waals surface area (Å²) in [6.07, 6.45) is -1.77. The number of rotatable bonds is 4. The predicted molar refractivity (Wildman–Crippen MR) is 54.0 cm³/mol. The van der Waals surface area contributed by atoms with Crippen molar-refractivity contribution in [1.82, 2.24) is 5.32 Å². The van der Waals surface area contributed by atoms with Gasteiger partial charge in [0.05, 0.1) is 12.0 Å². The molecule has 2 unspecified atom stereocenters. The highest BCUT2D eigenvalue weighted by Crippen LogP contribution is 2.16. The minimum Gasteiger partial charge on any atom is -0.547 e. The number of amides is 1. The lowest BCUT2D eigenvalue weighted by atomic mass is 10.0. The van der Waals surface area contributed by atoms with Crippen LogP contribution >= 0.6 is 0 Å². The van der Waals surface area contributed by atoms with E-state index in [0.29, 0.717) is 5.56 Å². The van der Waals surface area contributed by atoms with Crippen molar-refractivity contribution in [1.29, 1.82) is 0 Å². The molecular weight excluding hydrogens is 210 g/mol. The van der Waals surface area contributed by atoms with Crippen LogP contribution in [0.4, 0.5) is 0 Å². The Balaban J connectivity index is 2.96. The molecule has 0 aliphatic heterocycles. The molecule has 0 spiro atoms. The van der Waals surface area contributed by atoms with E-state index in [-0.39, 0.29) is 0 Å². The number of carbonyl (C=O) groups is 2. The monoisotopic (exact) mass is 222 g/mol. The molecule has 1 rings (SSSR count). The summed E-state index contributed by atoms with van der Waals surface area (Å²) in [4.78, 5) is 21.5. The fourth-order valence-corrected chi connectivity index (χ4v) is 1.36. The van der Waals surface area contributed by atoms with Crippen LogP contribution in [0.5, 0.6) is 0 Å². The minimum atomic E-state index is -1.77. The van der Waals surface area contributed by atoms with E-state index in [9.17, 15) is 19.8 Å². The van der Waals surface area contributed by atoms with Crippen molar-refractivity contribution in [3.05, 3.63) is 35.9 Å². The van der Waals surface area contributed by atoms with Crippen LogP contribution in [0.25, 0.3) is 0 Å². The van der Waals surface area contributed by atoms with Gasteiger partial charge in [-0.15, -0.1) is 0 Å². The average Bonchev–Trinajstić information content (AvgIpc) is 2.26.